The molecule has 0 atom stereocenters. The van der Waals surface area contributed by atoms with Crippen molar-refractivity contribution in [3.63, 3.8) is 0 Å². The molecular formula is C20H15N9O6. The van der Waals surface area contributed by atoms with Crippen molar-refractivity contribution >= 4 is 23.1 Å². The summed E-state index contributed by atoms with van der Waals surface area (Å²) in [6.07, 6.45) is 0. The normalized spacial score (nSPS) is 12.5. The van der Waals surface area contributed by atoms with Gasteiger partial charge in [-0.2, -0.15) is 9.78 Å². The molecular weight excluding hydrogens is 462 g/mol. The van der Waals surface area contributed by atoms with Gasteiger partial charge in [0.2, 0.25) is 18.4 Å². The van der Waals surface area contributed by atoms with Gasteiger partial charge in [-0.1, -0.05) is 17.3 Å². The second-order valence-corrected chi connectivity index (χ2v) is 7.19. The molecule has 35 heavy (non-hydrogen) atoms. The number of hydrazone groups is 1. The van der Waals surface area contributed by atoms with Gasteiger partial charge in [0.25, 0.3) is 11.6 Å². The molecule has 0 spiro atoms. The second kappa shape index (κ2) is 8.54. The van der Waals surface area contributed by atoms with Crippen molar-refractivity contribution in [2.75, 3.05) is 12.5 Å². The molecule has 1 amide bonds. The molecule has 0 saturated carbocycles. The fourth-order valence-electron chi connectivity index (χ4n) is 3.32. The van der Waals surface area contributed by atoms with Crippen LogP contribution in [0.2, 0.25) is 0 Å². The predicted molar refractivity (Wildman–Crippen MR) is 118 cm³/mol. The number of anilines is 1. The van der Waals surface area contributed by atoms with Gasteiger partial charge in [-0.05, 0) is 35.4 Å². The Morgan fingerprint density at radius 3 is 2.80 bits per heavy atom. The Morgan fingerprint density at radius 1 is 1.20 bits per heavy atom. The molecule has 176 valence electrons. The Hall–Kier alpha value is -5.34. The van der Waals surface area contributed by atoms with Gasteiger partial charge in [0.1, 0.15) is 5.69 Å². The predicted octanol–water partition coefficient (Wildman–Crippen LogP) is 1.69. The third kappa shape index (κ3) is 3.97. The van der Waals surface area contributed by atoms with E-state index in [1.807, 2.05) is 0 Å². The van der Waals surface area contributed by atoms with E-state index in [9.17, 15) is 14.9 Å². The number of aromatic nitrogens is 5. The Labute approximate surface area is 195 Å². The fraction of sp³-hybridized carbons (Fsp3) is 0.100. The minimum absolute atomic E-state index is 0.0282. The number of hydrogen-bond acceptors (Lipinski definition) is 12. The lowest BCUT2D eigenvalue weighted by molar-refractivity contribution is -0.384. The average molecular weight is 477 g/mol. The molecule has 0 radical (unpaired) electrons. The molecule has 0 saturated heterocycles. The number of nitrogens with one attached hydrogen (secondary N) is 1. The van der Waals surface area contributed by atoms with Gasteiger partial charge in [0.15, 0.2) is 17.2 Å². The smallest absolute Gasteiger partial charge is 0.294 e. The first kappa shape index (κ1) is 21.5. The standard InChI is InChI=1S/C20H15N9O6/c1-10(11-3-2-4-13(7-11)29(31)32)22-24-20(30)16-17(12-5-6-14-15(8-12)34-9-33-14)28(27-23-16)19-18(21)25-35-26-19/h2-8H,9H2,1H3,(H2,21,25)(H,24,30)/b22-10-. The lowest BCUT2D eigenvalue weighted by Gasteiger charge is -2.07. The van der Waals surface area contributed by atoms with Crippen molar-refractivity contribution in [3.8, 4) is 28.6 Å². The Bertz CT molecular complexity index is 1490. The first-order valence-corrected chi connectivity index (χ1v) is 9.96. The lowest BCUT2D eigenvalue weighted by Crippen LogP contribution is -2.21. The van der Waals surface area contributed by atoms with Crippen molar-refractivity contribution in [1.82, 2.24) is 30.7 Å². The largest absolute Gasteiger partial charge is 0.454 e. The maximum Gasteiger partial charge on any atom is 0.294 e. The maximum atomic E-state index is 13.1. The van der Waals surface area contributed by atoms with Gasteiger partial charge in [-0.3, -0.25) is 14.9 Å². The topological polar surface area (TPSA) is 199 Å². The third-order valence-electron chi connectivity index (χ3n) is 5.03. The van der Waals surface area contributed by atoms with Gasteiger partial charge >= 0.3 is 0 Å². The summed E-state index contributed by atoms with van der Waals surface area (Å²) < 4.78 is 16.6. The Morgan fingerprint density at radius 2 is 2.03 bits per heavy atom. The summed E-state index contributed by atoms with van der Waals surface area (Å²) in [7, 11) is 0. The fourth-order valence-corrected chi connectivity index (χ4v) is 3.32. The van der Waals surface area contributed by atoms with Crippen LogP contribution in [0.4, 0.5) is 11.5 Å². The summed E-state index contributed by atoms with van der Waals surface area (Å²) >= 11 is 0. The zero-order chi connectivity index (χ0) is 24.5. The van der Waals surface area contributed by atoms with Crippen LogP contribution in [0.15, 0.2) is 52.2 Å². The highest BCUT2D eigenvalue weighted by Gasteiger charge is 2.27. The summed E-state index contributed by atoms with van der Waals surface area (Å²) in [5.41, 5.74) is 9.51. The number of amides is 1. The zero-order valence-electron chi connectivity index (χ0n) is 17.9. The van der Waals surface area contributed by atoms with Crippen molar-refractivity contribution in [1.29, 1.82) is 0 Å². The highest BCUT2D eigenvalue weighted by molar-refractivity contribution is 6.02. The highest BCUT2D eigenvalue weighted by atomic mass is 16.7. The molecule has 5 rings (SSSR count). The molecule has 2 aromatic carbocycles. The lowest BCUT2D eigenvalue weighted by atomic mass is 10.1. The van der Waals surface area contributed by atoms with E-state index in [4.69, 9.17) is 15.2 Å². The van der Waals surface area contributed by atoms with Gasteiger partial charge in [0, 0.05) is 23.3 Å². The molecule has 15 nitrogen and oxygen atoms in total. The number of non-ortho nitro benzene ring substituents is 1. The van der Waals surface area contributed by atoms with Crippen LogP contribution in [-0.4, -0.2) is 48.6 Å². The molecule has 0 aliphatic carbocycles. The van der Waals surface area contributed by atoms with E-state index >= 15 is 0 Å². The van der Waals surface area contributed by atoms with Crippen LogP contribution < -0.4 is 20.6 Å². The number of nitrogen functional groups attached to an aromatic ring is 1. The number of nitro benzene ring substituents is 1. The van der Waals surface area contributed by atoms with E-state index < -0.39 is 10.8 Å². The zero-order valence-corrected chi connectivity index (χ0v) is 17.9. The van der Waals surface area contributed by atoms with Gasteiger partial charge < -0.3 is 15.2 Å². The van der Waals surface area contributed by atoms with Crippen molar-refractivity contribution in [3.05, 3.63) is 63.8 Å². The minimum Gasteiger partial charge on any atom is -0.454 e. The van der Waals surface area contributed by atoms with Crippen LogP contribution in [0, 0.1) is 10.1 Å². The minimum atomic E-state index is -0.705. The van der Waals surface area contributed by atoms with Gasteiger partial charge in [0.05, 0.1) is 10.6 Å². The Kier molecular flexibility index (Phi) is 5.25. The van der Waals surface area contributed by atoms with Crippen LogP contribution in [0.1, 0.15) is 23.0 Å². The van der Waals surface area contributed by atoms with Crippen molar-refractivity contribution < 1.29 is 23.8 Å². The number of rotatable bonds is 6. The molecule has 0 unspecified atom stereocenters. The summed E-state index contributed by atoms with van der Waals surface area (Å²) in [4.78, 5) is 23.6. The molecule has 3 heterocycles. The first-order valence-electron chi connectivity index (χ1n) is 9.96. The van der Waals surface area contributed by atoms with Crippen molar-refractivity contribution in [2.45, 2.75) is 6.92 Å². The van der Waals surface area contributed by atoms with E-state index in [1.165, 1.54) is 22.9 Å². The summed E-state index contributed by atoms with van der Waals surface area (Å²) in [5, 5.41) is 30.3. The maximum absolute atomic E-state index is 13.1. The van der Waals surface area contributed by atoms with Crippen LogP contribution in [-0.2, 0) is 0 Å². The molecule has 1 aliphatic heterocycles. The molecule has 0 bridgehead atoms. The molecule has 4 aromatic rings. The molecule has 3 N–H and O–H groups in total. The number of carbonyl (C=O) groups is 1. The summed E-state index contributed by atoms with van der Waals surface area (Å²) in [6.45, 7) is 1.66. The SMILES string of the molecule is C/C(=N/NC(=O)c1nnn(-c2nonc2N)c1-c1ccc2c(c1)OCO2)c1cccc([N+](=O)[O-])c1. The summed E-state index contributed by atoms with van der Waals surface area (Å²) in [5.74, 6) is 0.263. The van der Waals surface area contributed by atoms with Crippen LogP contribution in [0.5, 0.6) is 11.5 Å². The van der Waals surface area contributed by atoms with Crippen LogP contribution in [0.25, 0.3) is 17.1 Å². The number of nitrogens with two attached hydrogens (primary N) is 1. The van der Waals surface area contributed by atoms with E-state index in [0.717, 1.165) is 0 Å². The number of fused-ring (bicyclic) bond motifs is 1. The quantitative estimate of drug-likeness (QED) is 0.233. The van der Waals surface area contributed by atoms with Gasteiger partial charge in [-0.25, -0.2) is 10.1 Å². The number of hydrogen-bond donors (Lipinski definition) is 2. The van der Waals surface area contributed by atoms with E-state index in [2.05, 4.69) is 35.8 Å². The molecule has 2 aromatic heterocycles. The van der Waals surface area contributed by atoms with E-state index in [-0.39, 0.29) is 35.5 Å². The van der Waals surface area contributed by atoms with Gasteiger partial charge in [-0.15, -0.1) is 5.10 Å². The second-order valence-electron chi connectivity index (χ2n) is 7.19. The van der Waals surface area contributed by atoms with E-state index in [1.54, 1.807) is 31.2 Å². The number of nitro groups is 1. The summed E-state index contributed by atoms with van der Waals surface area (Å²) in [6, 6.07) is 10.9. The Balaban J connectivity index is 1.51. The van der Waals surface area contributed by atoms with Crippen LogP contribution >= 0.6 is 0 Å². The molecule has 1 aliphatic rings. The van der Waals surface area contributed by atoms with Crippen molar-refractivity contribution in [2.24, 2.45) is 5.10 Å². The van der Waals surface area contributed by atoms with E-state index in [0.29, 0.717) is 28.3 Å². The third-order valence-corrected chi connectivity index (χ3v) is 5.03. The number of ether oxygens (including phenoxy) is 2. The molecule has 15 heteroatoms. The first-order chi connectivity index (χ1) is 16.9. The number of benzene rings is 2. The van der Waals surface area contributed by atoms with Crippen LogP contribution in [0.3, 0.4) is 0 Å². The average Bonchev–Trinajstić information content (AvgIpc) is 3.60. The number of carbonyl (C=O) groups excluding carboxylic acids is 1. The highest BCUT2D eigenvalue weighted by Crippen LogP contribution is 2.37. The number of nitrogens with zero attached hydrogens (tertiary/aromatic N) is 7. The monoisotopic (exact) mass is 477 g/mol. The molecule has 0 fully saturated rings.